The molecule has 0 fully saturated rings. The van der Waals surface area contributed by atoms with Crippen LogP contribution in [0.15, 0.2) is 25.4 Å². The van der Waals surface area contributed by atoms with E-state index in [-0.39, 0.29) is 22.7 Å². The van der Waals surface area contributed by atoms with Crippen molar-refractivity contribution < 1.29 is 12.8 Å². The van der Waals surface area contributed by atoms with Crippen LogP contribution in [0, 0.1) is 6.92 Å². The second-order valence-corrected chi connectivity index (χ2v) is 7.26. The zero-order valence-corrected chi connectivity index (χ0v) is 13.2. The number of sulfonamides is 1. The number of rotatable bonds is 5. The summed E-state index contributed by atoms with van der Waals surface area (Å²) in [6, 6.07) is 1.40. The summed E-state index contributed by atoms with van der Waals surface area (Å²) in [5.41, 5.74) is 6.09. The number of hydrogen-bond donors (Lipinski definition) is 2. The third-order valence-electron chi connectivity index (χ3n) is 2.31. The molecule has 2 heterocycles. The number of halogens is 1. The van der Waals surface area contributed by atoms with Crippen molar-refractivity contribution in [2.45, 2.75) is 24.9 Å². The van der Waals surface area contributed by atoms with Gasteiger partial charge in [-0.2, -0.15) is 0 Å². The van der Waals surface area contributed by atoms with Crippen molar-refractivity contribution in [2.75, 3.05) is 0 Å². The molecule has 0 radical (unpaired) electrons. The van der Waals surface area contributed by atoms with Crippen LogP contribution in [0.5, 0.6) is 0 Å². The normalized spacial score (nSPS) is 11.9. The molecule has 3 N–H and O–H groups in total. The molecule has 0 aliphatic heterocycles. The lowest BCUT2D eigenvalue weighted by Crippen LogP contribution is -2.23. The minimum Gasteiger partial charge on any atom is -0.452 e. The quantitative estimate of drug-likeness (QED) is 0.840. The Bertz CT molecular complexity index is 678. The second kappa shape index (κ2) is 5.71. The van der Waals surface area contributed by atoms with Gasteiger partial charge in [-0.15, -0.1) is 11.3 Å². The highest BCUT2D eigenvalue weighted by molar-refractivity contribution is 9.10. The van der Waals surface area contributed by atoms with Crippen molar-refractivity contribution in [1.29, 1.82) is 0 Å². The van der Waals surface area contributed by atoms with E-state index in [1.807, 2.05) is 12.3 Å². The molecule has 104 valence electrons. The van der Waals surface area contributed by atoms with E-state index in [1.54, 1.807) is 0 Å². The van der Waals surface area contributed by atoms with Crippen molar-refractivity contribution in [2.24, 2.45) is 5.73 Å². The number of furan rings is 1. The van der Waals surface area contributed by atoms with E-state index in [1.165, 1.54) is 17.4 Å². The van der Waals surface area contributed by atoms with Gasteiger partial charge in [0.25, 0.3) is 0 Å². The number of aryl methyl sites for hydroxylation is 1. The first-order valence-corrected chi connectivity index (χ1v) is 8.47. The maximum atomic E-state index is 12.1. The molecule has 0 atom stereocenters. The van der Waals surface area contributed by atoms with Gasteiger partial charge in [0, 0.05) is 11.4 Å². The fraction of sp³-hybridized carbons (Fsp3) is 0.300. The Hall–Kier alpha value is -0.740. The van der Waals surface area contributed by atoms with E-state index in [0.717, 1.165) is 5.01 Å². The molecule has 6 nitrogen and oxygen atoms in total. The molecular formula is C10H12BrN3O3S2. The molecule has 0 saturated carbocycles. The van der Waals surface area contributed by atoms with Gasteiger partial charge in [0.2, 0.25) is 10.0 Å². The van der Waals surface area contributed by atoms with E-state index in [9.17, 15) is 8.42 Å². The molecular weight excluding hydrogens is 354 g/mol. The molecule has 2 rings (SSSR count). The number of nitrogens with zero attached hydrogens (tertiary/aromatic N) is 1. The van der Waals surface area contributed by atoms with Gasteiger partial charge in [-0.25, -0.2) is 18.1 Å². The van der Waals surface area contributed by atoms with Gasteiger partial charge in [-0.3, -0.25) is 0 Å². The molecule has 0 amide bonds. The summed E-state index contributed by atoms with van der Waals surface area (Å²) in [6.07, 6.45) is 0. The highest BCUT2D eigenvalue weighted by atomic mass is 79.9. The molecule has 2 aromatic rings. The summed E-state index contributed by atoms with van der Waals surface area (Å²) in [5.74, 6) is 0.400. The van der Waals surface area contributed by atoms with Crippen molar-refractivity contribution >= 4 is 37.3 Å². The first-order chi connectivity index (χ1) is 8.92. The Morgan fingerprint density at radius 2 is 2.32 bits per heavy atom. The van der Waals surface area contributed by atoms with Gasteiger partial charge in [-0.05, 0) is 22.9 Å². The minimum atomic E-state index is -3.65. The first kappa shape index (κ1) is 14.7. The van der Waals surface area contributed by atoms with Gasteiger partial charge < -0.3 is 10.2 Å². The molecule has 9 heteroatoms. The molecule has 0 bridgehead atoms. The molecule has 0 saturated heterocycles. The highest BCUT2D eigenvalue weighted by Gasteiger charge is 2.22. The number of nitrogens with one attached hydrogen (secondary N) is 1. The van der Waals surface area contributed by atoms with Crippen LogP contribution < -0.4 is 10.5 Å². The van der Waals surface area contributed by atoms with Crippen LogP contribution in [0.2, 0.25) is 0 Å². The van der Waals surface area contributed by atoms with Gasteiger partial charge in [-0.1, -0.05) is 0 Å². The maximum absolute atomic E-state index is 12.1. The third kappa shape index (κ3) is 3.42. The SMILES string of the molecule is Cc1nc(CNS(=O)(=O)c2cc(CN)oc2Br)cs1. The minimum absolute atomic E-state index is 0.0416. The predicted molar refractivity (Wildman–Crippen MR) is 75.2 cm³/mol. The lowest BCUT2D eigenvalue weighted by molar-refractivity contribution is 0.483. The number of aromatic nitrogens is 1. The highest BCUT2D eigenvalue weighted by Crippen LogP contribution is 2.26. The fourth-order valence-electron chi connectivity index (χ4n) is 1.42. The summed E-state index contributed by atoms with van der Waals surface area (Å²) in [7, 11) is -3.65. The number of nitrogens with two attached hydrogens (primary N) is 1. The van der Waals surface area contributed by atoms with Crippen molar-refractivity contribution in [1.82, 2.24) is 9.71 Å². The van der Waals surface area contributed by atoms with Gasteiger partial charge in [0.1, 0.15) is 10.7 Å². The predicted octanol–water partition coefficient (Wildman–Crippen LogP) is 1.74. The summed E-state index contributed by atoms with van der Waals surface area (Å²) in [6.45, 7) is 2.14. The fourth-order valence-corrected chi connectivity index (χ4v) is 4.02. The average Bonchev–Trinajstić information content (AvgIpc) is 2.93. The third-order valence-corrected chi connectivity index (χ3v) is 5.39. The summed E-state index contributed by atoms with van der Waals surface area (Å²) < 4.78 is 32.0. The second-order valence-electron chi connectivity index (χ2n) is 3.74. The summed E-state index contributed by atoms with van der Waals surface area (Å²) in [5, 5.41) is 2.71. The monoisotopic (exact) mass is 365 g/mol. The van der Waals surface area contributed by atoms with Crippen molar-refractivity contribution in [3.63, 3.8) is 0 Å². The molecule has 19 heavy (non-hydrogen) atoms. The molecule has 0 aliphatic carbocycles. The van der Waals surface area contributed by atoms with E-state index in [4.69, 9.17) is 10.2 Å². The molecule has 0 aromatic carbocycles. The number of thiazole rings is 1. The standard InChI is InChI=1S/C10H12BrN3O3S2/c1-6-14-7(5-18-6)4-13-19(15,16)9-2-8(3-12)17-10(9)11/h2,5,13H,3-4,12H2,1H3. The number of hydrogen-bond acceptors (Lipinski definition) is 6. The Labute approximate surface area is 123 Å². The van der Waals surface area contributed by atoms with Crippen LogP contribution in [0.4, 0.5) is 0 Å². The average molecular weight is 366 g/mol. The van der Waals surface area contributed by atoms with Gasteiger partial charge >= 0.3 is 0 Å². The van der Waals surface area contributed by atoms with Crippen molar-refractivity contribution in [3.05, 3.63) is 32.6 Å². The Kier molecular flexibility index (Phi) is 4.41. The Balaban J connectivity index is 2.15. The van der Waals surface area contributed by atoms with Crippen LogP contribution in [0.3, 0.4) is 0 Å². The van der Waals surface area contributed by atoms with Crippen LogP contribution in [-0.4, -0.2) is 13.4 Å². The molecule has 0 spiro atoms. The summed E-state index contributed by atoms with van der Waals surface area (Å²) in [4.78, 5) is 4.23. The van der Waals surface area contributed by atoms with Crippen LogP contribution >= 0.6 is 27.3 Å². The van der Waals surface area contributed by atoms with E-state index in [2.05, 4.69) is 25.6 Å². The molecule has 0 aliphatic rings. The van der Waals surface area contributed by atoms with Gasteiger partial charge in [0.15, 0.2) is 4.67 Å². The van der Waals surface area contributed by atoms with Crippen LogP contribution in [0.25, 0.3) is 0 Å². The maximum Gasteiger partial charge on any atom is 0.245 e. The lowest BCUT2D eigenvalue weighted by atomic mass is 10.5. The van der Waals surface area contributed by atoms with E-state index >= 15 is 0 Å². The first-order valence-electron chi connectivity index (χ1n) is 5.31. The Morgan fingerprint density at radius 1 is 1.58 bits per heavy atom. The lowest BCUT2D eigenvalue weighted by Gasteiger charge is -2.02. The summed E-state index contributed by atoms with van der Waals surface area (Å²) >= 11 is 4.54. The van der Waals surface area contributed by atoms with E-state index in [0.29, 0.717) is 11.5 Å². The molecule has 2 aromatic heterocycles. The largest absolute Gasteiger partial charge is 0.452 e. The van der Waals surface area contributed by atoms with Crippen LogP contribution in [0.1, 0.15) is 16.5 Å². The van der Waals surface area contributed by atoms with Gasteiger partial charge in [0.05, 0.1) is 23.8 Å². The zero-order chi connectivity index (χ0) is 14.0. The van der Waals surface area contributed by atoms with Crippen LogP contribution in [-0.2, 0) is 23.1 Å². The van der Waals surface area contributed by atoms with E-state index < -0.39 is 10.0 Å². The molecule has 0 unspecified atom stereocenters. The smallest absolute Gasteiger partial charge is 0.245 e. The van der Waals surface area contributed by atoms with Crippen molar-refractivity contribution in [3.8, 4) is 0 Å². The topological polar surface area (TPSA) is 98.2 Å². The zero-order valence-electron chi connectivity index (χ0n) is 10.0. The Morgan fingerprint density at radius 3 is 2.84 bits per heavy atom.